The number of methoxy groups -OCH3 is 2. The molecule has 0 fully saturated rings. The van der Waals surface area contributed by atoms with Crippen LogP contribution in [-0.2, 0) is 0 Å². The highest BCUT2D eigenvalue weighted by atomic mass is 32.2. The van der Waals surface area contributed by atoms with Gasteiger partial charge in [-0.3, -0.25) is 10.1 Å². The highest BCUT2D eigenvalue weighted by Gasteiger charge is 2.16. The van der Waals surface area contributed by atoms with Gasteiger partial charge in [-0.2, -0.15) is 0 Å². The van der Waals surface area contributed by atoms with E-state index in [9.17, 15) is 15.2 Å². The van der Waals surface area contributed by atoms with Gasteiger partial charge in [-0.15, -0.1) is 0 Å². The zero-order valence-electron chi connectivity index (χ0n) is 12.2. The van der Waals surface area contributed by atoms with Crippen LogP contribution in [0.4, 0.5) is 0 Å². The maximum Gasteiger partial charge on any atom is 0.235 e. The SMILES string of the molecule is CCCC(O)Sc1c(OC)cc(C=C[N+](=O)[O-])cc1OC. The second-order valence-electron chi connectivity index (χ2n) is 4.22. The molecule has 6 nitrogen and oxygen atoms in total. The first-order valence-corrected chi connectivity index (χ1v) is 7.32. The summed E-state index contributed by atoms with van der Waals surface area (Å²) in [7, 11) is 3.01. The number of hydrogen-bond acceptors (Lipinski definition) is 6. The van der Waals surface area contributed by atoms with Gasteiger partial charge in [0.2, 0.25) is 6.20 Å². The zero-order chi connectivity index (χ0) is 15.8. The molecule has 0 aliphatic carbocycles. The summed E-state index contributed by atoms with van der Waals surface area (Å²) in [5.41, 5.74) is 0.0349. The summed E-state index contributed by atoms with van der Waals surface area (Å²) in [4.78, 5) is 10.5. The number of aliphatic hydroxyl groups is 1. The Hall–Kier alpha value is -1.73. The Balaban J connectivity index is 3.15. The minimum absolute atomic E-state index is 0.512. The van der Waals surface area contributed by atoms with Crippen molar-refractivity contribution in [1.29, 1.82) is 0 Å². The molecule has 0 aromatic heterocycles. The van der Waals surface area contributed by atoms with Gasteiger partial charge < -0.3 is 14.6 Å². The summed E-state index contributed by atoms with van der Waals surface area (Å²) < 4.78 is 10.6. The summed E-state index contributed by atoms with van der Waals surface area (Å²) >= 11 is 1.25. The van der Waals surface area contributed by atoms with Crippen LogP contribution in [0.1, 0.15) is 25.3 Å². The van der Waals surface area contributed by atoms with Crippen molar-refractivity contribution >= 4 is 17.8 Å². The third-order valence-corrected chi connectivity index (χ3v) is 3.81. The third kappa shape index (κ3) is 5.28. The fraction of sp³-hybridized carbons (Fsp3) is 0.429. The van der Waals surface area contributed by atoms with Gasteiger partial charge in [-0.25, -0.2) is 0 Å². The molecule has 7 heteroatoms. The minimum Gasteiger partial charge on any atom is -0.495 e. The lowest BCUT2D eigenvalue weighted by atomic mass is 10.2. The van der Waals surface area contributed by atoms with Crippen LogP contribution >= 0.6 is 11.8 Å². The van der Waals surface area contributed by atoms with Crippen molar-refractivity contribution in [3.05, 3.63) is 34.0 Å². The Morgan fingerprint density at radius 1 is 1.38 bits per heavy atom. The lowest BCUT2D eigenvalue weighted by Gasteiger charge is -2.16. The Labute approximate surface area is 127 Å². The molecule has 1 atom stereocenters. The summed E-state index contributed by atoms with van der Waals surface area (Å²) in [5, 5.41) is 20.3. The van der Waals surface area contributed by atoms with Crippen LogP contribution in [0.3, 0.4) is 0 Å². The van der Waals surface area contributed by atoms with Gasteiger partial charge in [-0.1, -0.05) is 25.1 Å². The van der Waals surface area contributed by atoms with Crippen molar-refractivity contribution in [2.24, 2.45) is 0 Å². The average molecular weight is 313 g/mol. The summed E-state index contributed by atoms with van der Waals surface area (Å²) in [6.07, 6.45) is 3.73. The first kappa shape index (κ1) is 17.3. The van der Waals surface area contributed by atoms with Gasteiger partial charge in [-0.05, 0) is 24.1 Å². The van der Waals surface area contributed by atoms with Gasteiger partial charge in [0.1, 0.15) is 16.9 Å². The molecular weight excluding hydrogens is 294 g/mol. The van der Waals surface area contributed by atoms with Gasteiger partial charge in [0.25, 0.3) is 0 Å². The van der Waals surface area contributed by atoms with E-state index in [4.69, 9.17) is 9.47 Å². The molecule has 0 spiro atoms. The molecule has 1 aromatic carbocycles. The van der Waals surface area contributed by atoms with E-state index in [0.717, 1.165) is 12.6 Å². The second kappa shape index (κ2) is 8.53. The molecule has 0 aliphatic heterocycles. The Morgan fingerprint density at radius 2 is 1.95 bits per heavy atom. The molecule has 0 bridgehead atoms. The predicted molar refractivity (Wildman–Crippen MR) is 82.3 cm³/mol. The van der Waals surface area contributed by atoms with Crippen molar-refractivity contribution in [2.45, 2.75) is 30.1 Å². The molecular formula is C14H19NO5S. The minimum atomic E-state index is -0.557. The molecule has 0 heterocycles. The molecule has 0 radical (unpaired) electrons. The predicted octanol–water partition coefficient (Wildman–Crippen LogP) is 3.16. The van der Waals surface area contributed by atoms with E-state index in [0.29, 0.717) is 28.4 Å². The molecule has 1 unspecified atom stereocenters. The quantitative estimate of drug-likeness (QED) is 0.343. The lowest BCUT2D eigenvalue weighted by Crippen LogP contribution is -2.02. The van der Waals surface area contributed by atoms with Gasteiger partial charge in [0, 0.05) is 6.08 Å². The second-order valence-corrected chi connectivity index (χ2v) is 5.40. The molecule has 116 valence electrons. The average Bonchev–Trinajstić information content (AvgIpc) is 2.45. The van der Waals surface area contributed by atoms with Crippen molar-refractivity contribution in [3.8, 4) is 11.5 Å². The molecule has 0 saturated carbocycles. The molecule has 1 N–H and O–H groups in total. The van der Waals surface area contributed by atoms with E-state index in [1.807, 2.05) is 6.92 Å². The van der Waals surface area contributed by atoms with E-state index in [2.05, 4.69) is 0 Å². The summed E-state index contributed by atoms with van der Waals surface area (Å²) in [6.45, 7) is 1.99. The van der Waals surface area contributed by atoms with Crippen molar-refractivity contribution in [2.75, 3.05) is 14.2 Å². The molecule has 1 rings (SSSR count). The van der Waals surface area contributed by atoms with Crippen LogP contribution in [0.15, 0.2) is 23.2 Å². The largest absolute Gasteiger partial charge is 0.495 e. The van der Waals surface area contributed by atoms with Crippen LogP contribution in [-0.4, -0.2) is 29.7 Å². The number of rotatable bonds is 8. The maximum absolute atomic E-state index is 10.4. The number of nitrogens with zero attached hydrogens (tertiary/aromatic N) is 1. The lowest BCUT2D eigenvalue weighted by molar-refractivity contribution is -0.400. The number of hydrogen-bond donors (Lipinski definition) is 1. The van der Waals surface area contributed by atoms with Crippen molar-refractivity contribution < 1.29 is 19.5 Å². The Bertz CT molecular complexity index is 493. The fourth-order valence-electron chi connectivity index (χ4n) is 1.70. The number of nitro groups is 1. The number of benzene rings is 1. The Morgan fingerprint density at radius 3 is 2.38 bits per heavy atom. The van der Waals surface area contributed by atoms with Crippen LogP contribution in [0.25, 0.3) is 6.08 Å². The van der Waals surface area contributed by atoms with E-state index in [1.165, 1.54) is 32.1 Å². The van der Waals surface area contributed by atoms with Crippen LogP contribution in [0.2, 0.25) is 0 Å². The zero-order valence-corrected chi connectivity index (χ0v) is 13.1. The molecule has 0 amide bonds. The molecule has 1 aromatic rings. The highest BCUT2D eigenvalue weighted by Crippen LogP contribution is 2.41. The normalized spacial score (nSPS) is 12.4. The van der Waals surface area contributed by atoms with Crippen LogP contribution < -0.4 is 9.47 Å². The third-order valence-electron chi connectivity index (χ3n) is 2.66. The van der Waals surface area contributed by atoms with Gasteiger partial charge >= 0.3 is 0 Å². The fourth-order valence-corrected chi connectivity index (χ4v) is 2.84. The van der Waals surface area contributed by atoms with E-state index < -0.39 is 10.4 Å². The van der Waals surface area contributed by atoms with Gasteiger partial charge in [0.15, 0.2) is 0 Å². The summed E-state index contributed by atoms with van der Waals surface area (Å²) in [5.74, 6) is 1.02. The summed E-state index contributed by atoms with van der Waals surface area (Å²) in [6, 6.07) is 3.34. The van der Waals surface area contributed by atoms with Gasteiger partial charge in [0.05, 0.1) is 24.0 Å². The van der Waals surface area contributed by atoms with Crippen LogP contribution in [0.5, 0.6) is 11.5 Å². The highest BCUT2D eigenvalue weighted by molar-refractivity contribution is 8.00. The molecule has 21 heavy (non-hydrogen) atoms. The number of ether oxygens (including phenoxy) is 2. The topological polar surface area (TPSA) is 81.8 Å². The van der Waals surface area contributed by atoms with Crippen molar-refractivity contribution in [1.82, 2.24) is 0 Å². The first-order valence-electron chi connectivity index (χ1n) is 6.44. The Kier molecular flexibility index (Phi) is 7.04. The first-order chi connectivity index (χ1) is 10.0. The van der Waals surface area contributed by atoms with E-state index in [1.54, 1.807) is 12.1 Å². The van der Waals surface area contributed by atoms with E-state index >= 15 is 0 Å². The van der Waals surface area contributed by atoms with E-state index in [-0.39, 0.29) is 0 Å². The number of aliphatic hydroxyl groups excluding tert-OH is 1. The molecule has 0 aliphatic rings. The molecule has 0 saturated heterocycles. The maximum atomic E-state index is 10.4. The van der Waals surface area contributed by atoms with Crippen molar-refractivity contribution in [3.63, 3.8) is 0 Å². The number of thioether (sulfide) groups is 1. The smallest absolute Gasteiger partial charge is 0.235 e. The standard InChI is InChI=1S/C14H19NO5S/c1-4-5-13(16)21-14-11(19-2)8-10(6-7-15(17)18)9-12(14)20-3/h6-9,13,16H,4-5H2,1-3H3. The monoisotopic (exact) mass is 313 g/mol. The van der Waals surface area contributed by atoms with Crippen LogP contribution in [0, 0.1) is 10.1 Å².